The predicted octanol–water partition coefficient (Wildman–Crippen LogP) is 3.69. The molecule has 4 nitrogen and oxygen atoms in total. The number of aromatic nitrogens is 2. The summed E-state index contributed by atoms with van der Waals surface area (Å²) < 4.78 is 13.6. The summed E-state index contributed by atoms with van der Waals surface area (Å²) in [5.74, 6) is 0.221. The smallest absolute Gasteiger partial charge is 0.158 e. The second-order valence-corrected chi connectivity index (χ2v) is 4.94. The summed E-state index contributed by atoms with van der Waals surface area (Å²) in [4.78, 5) is 8.17. The van der Waals surface area contributed by atoms with Gasteiger partial charge in [0.2, 0.25) is 0 Å². The molecular weight excluding hydrogens is 291 g/mol. The monoisotopic (exact) mass is 304 g/mol. The molecule has 1 unspecified atom stereocenters. The third-order valence-electron chi connectivity index (χ3n) is 3.37. The van der Waals surface area contributed by atoms with Crippen LogP contribution in [0.15, 0.2) is 67.0 Å². The van der Waals surface area contributed by atoms with Gasteiger partial charge in [-0.1, -0.05) is 42.5 Å². The summed E-state index contributed by atoms with van der Waals surface area (Å²) in [5.41, 5.74) is 2.00. The molecule has 23 heavy (non-hydrogen) atoms. The zero-order chi connectivity index (χ0) is 16.1. The van der Waals surface area contributed by atoms with Gasteiger partial charge in [0.1, 0.15) is 17.7 Å². The van der Waals surface area contributed by atoms with Crippen molar-refractivity contribution in [3.8, 4) is 6.07 Å². The van der Waals surface area contributed by atoms with E-state index in [2.05, 4.69) is 15.3 Å². The summed E-state index contributed by atoms with van der Waals surface area (Å²) in [6.45, 7) is 0. The van der Waals surface area contributed by atoms with E-state index >= 15 is 0 Å². The van der Waals surface area contributed by atoms with Gasteiger partial charge in [0, 0.05) is 0 Å². The van der Waals surface area contributed by atoms with Crippen molar-refractivity contribution in [2.45, 2.75) is 6.04 Å². The molecule has 3 rings (SSSR count). The van der Waals surface area contributed by atoms with Crippen LogP contribution in [0.2, 0.25) is 0 Å². The Morgan fingerprint density at radius 3 is 2.39 bits per heavy atom. The van der Waals surface area contributed by atoms with Crippen LogP contribution >= 0.6 is 0 Å². The maximum Gasteiger partial charge on any atom is 0.158 e. The maximum atomic E-state index is 13.6. The SMILES string of the molecule is N#Cc1cnc(NC(c2ccccc2)c2cccc(F)c2)cn1. The van der Waals surface area contributed by atoms with E-state index in [4.69, 9.17) is 5.26 Å². The second kappa shape index (κ2) is 6.67. The lowest BCUT2D eigenvalue weighted by Crippen LogP contribution is -2.13. The summed E-state index contributed by atoms with van der Waals surface area (Å²) >= 11 is 0. The number of rotatable bonds is 4. The van der Waals surface area contributed by atoms with Crippen LogP contribution in [0.25, 0.3) is 0 Å². The van der Waals surface area contributed by atoms with Gasteiger partial charge in [-0.05, 0) is 23.3 Å². The van der Waals surface area contributed by atoms with E-state index < -0.39 is 0 Å². The van der Waals surface area contributed by atoms with Gasteiger partial charge in [0.15, 0.2) is 5.69 Å². The highest BCUT2D eigenvalue weighted by Gasteiger charge is 2.15. The molecule has 0 spiro atoms. The first-order valence-corrected chi connectivity index (χ1v) is 7.05. The van der Waals surface area contributed by atoms with Crippen molar-refractivity contribution in [3.05, 3.63) is 89.6 Å². The van der Waals surface area contributed by atoms with Crippen LogP contribution in [0.5, 0.6) is 0 Å². The van der Waals surface area contributed by atoms with E-state index in [0.717, 1.165) is 11.1 Å². The minimum absolute atomic E-state index is 0.248. The minimum Gasteiger partial charge on any atom is -0.358 e. The molecule has 1 aromatic heterocycles. The van der Waals surface area contributed by atoms with Crippen LogP contribution in [-0.2, 0) is 0 Å². The largest absolute Gasteiger partial charge is 0.358 e. The molecule has 0 saturated carbocycles. The Labute approximate surface area is 133 Å². The maximum absolute atomic E-state index is 13.6. The van der Waals surface area contributed by atoms with Crippen molar-refractivity contribution in [3.63, 3.8) is 0 Å². The van der Waals surface area contributed by atoms with Gasteiger partial charge >= 0.3 is 0 Å². The standard InChI is InChI=1S/C18H13FN4/c19-15-8-4-7-14(9-15)18(13-5-2-1-3-6-13)23-17-12-21-16(10-20)11-22-17/h1-9,11-12,18H,(H,22,23). The fourth-order valence-corrected chi connectivity index (χ4v) is 2.30. The number of benzene rings is 2. The van der Waals surface area contributed by atoms with Crippen molar-refractivity contribution >= 4 is 5.82 Å². The number of anilines is 1. The fraction of sp³-hybridized carbons (Fsp3) is 0.0556. The van der Waals surface area contributed by atoms with E-state index in [-0.39, 0.29) is 17.6 Å². The zero-order valence-electron chi connectivity index (χ0n) is 12.1. The third-order valence-corrected chi connectivity index (χ3v) is 3.37. The van der Waals surface area contributed by atoms with E-state index in [1.165, 1.54) is 24.5 Å². The van der Waals surface area contributed by atoms with Crippen LogP contribution in [0.1, 0.15) is 22.9 Å². The molecule has 0 fully saturated rings. The fourth-order valence-electron chi connectivity index (χ4n) is 2.30. The molecule has 0 aliphatic rings. The van der Waals surface area contributed by atoms with Crippen LogP contribution in [0, 0.1) is 17.1 Å². The number of nitrogens with zero attached hydrogens (tertiary/aromatic N) is 3. The van der Waals surface area contributed by atoms with Crippen LogP contribution in [-0.4, -0.2) is 9.97 Å². The minimum atomic E-state index is -0.295. The molecule has 0 aliphatic carbocycles. The molecule has 0 radical (unpaired) electrons. The number of nitrogens with one attached hydrogen (secondary N) is 1. The number of halogens is 1. The number of hydrogen-bond acceptors (Lipinski definition) is 4. The van der Waals surface area contributed by atoms with Crippen LogP contribution in [0.4, 0.5) is 10.2 Å². The quantitative estimate of drug-likeness (QED) is 0.798. The van der Waals surface area contributed by atoms with Gasteiger partial charge < -0.3 is 5.32 Å². The molecular formula is C18H13FN4. The summed E-state index contributed by atoms with van der Waals surface area (Å²) in [5, 5.41) is 12.0. The molecule has 1 heterocycles. The van der Waals surface area contributed by atoms with Crippen LogP contribution < -0.4 is 5.32 Å². The third kappa shape index (κ3) is 3.50. The van der Waals surface area contributed by atoms with Gasteiger partial charge in [-0.25, -0.2) is 14.4 Å². The highest BCUT2D eigenvalue weighted by atomic mass is 19.1. The summed E-state index contributed by atoms with van der Waals surface area (Å²) in [7, 11) is 0. The molecule has 3 aromatic rings. The van der Waals surface area contributed by atoms with E-state index in [0.29, 0.717) is 5.82 Å². The molecule has 0 saturated heterocycles. The predicted molar refractivity (Wildman–Crippen MR) is 85.1 cm³/mol. The normalized spacial score (nSPS) is 11.5. The Kier molecular flexibility index (Phi) is 4.25. The van der Waals surface area contributed by atoms with Crippen molar-refractivity contribution in [1.82, 2.24) is 9.97 Å². The van der Waals surface area contributed by atoms with E-state index in [1.54, 1.807) is 6.07 Å². The molecule has 0 aliphatic heterocycles. The molecule has 1 atom stereocenters. The van der Waals surface area contributed by atoms with Crippen molar-refractivity contribution in [2.24, 2.45) is 0 Å². The molecule has 0 amide bonds. The number of nitriles is 1. The van der Waals surface area contributed by atoms with Crippen LogP contribution in [0.3, 0.4) is 0 Å². The summed E-state index contributed by atoms with van der Waals surface area (Å²) in [6.07, 6.45) is 2.89. The van der Waals surface area contributed by atoms with E-state index in [9.17, 15) is 4.39 Å². The van der Waals surface area contributed by atoms with Crippen molar-refractivity contribution in [2.75, 3.05) is 5.32 Å². The highest BCUT2D eigenvalue weighted by molar-refractivity contribution is 5.43. The molecule has 1 N–H and O–H groups in total. The highest BCUT2D eigenvalue weighted by Crippen LogP contribution is 2.26. The first-order valence-electron chi connectivity index (χ1n) is 7.05. The molecule has 0 bridgehead atoms. The van der Waals surface area contributed by atoms with Crippen molar-refractivity contribution in [1.29, 1.82) is 5.26 Å². The van der Waals surface area contributed by atoms with Gasteiger partial charge in [-0.2, -0.15) is 5.26 Å². The Hall–Kier alpha value is -3.26. The van der Waals surface area contributed by atoms with Gasteiger partial charge in [0.25, 0.3) is 0 Å². The lowest BCUT2D eigenvalue weighted by molar-refractivity contribution is 0.624. The Morgan fingerprint density at radius 2 is 1.74 bits per heavy atom. The first-order chi connectivity index (χ1) is 11.3. The lowest BCUT2D eigenvalue weighted by Gasteiger charge is -2.20. The average molecular weight is 304 g/mol. The average Bonchev–Trinajstić information content (AvgIpc) is 2.61. The zero-order valence-corrected chi connectivity index (χ0v) is 12.1. The molecule has 2 aromatic carbocycles. The van der Waals surface area contributed by atoms with E-state index in [1.807, 2.05) is 42.5 Å². The Balaban J connectivity index is 1.96. The Morgan fingerprint density at radius 1 is 0.957 bits per heavy atom. The first kappa shape index (κ1) is 14.7. The van der Waals surface area contributed by atoms with Gasteiger partial charge in [-0.15, -0.1) is 0 Å². The molecule has 112 valence electrons. The van der Waals surface area contributed by atoms with Gasteiger partial charge in [0.05, 0.1) is 18.4 Å². The number of hydrogen-bond donors (Lipinski definition) is 1. The summed E-state index contributed by atoms with van der Waals surface area (Å²) in [6, 6.07) is 17.8. The Bertz CT molecular complexity index is 826. The molecule has 5 heteroatoms. The second-order valence-electron chi connectivity index (χ2n) is 4.94. The van der Waals surface area contributed by atoms with Gasteiger partial charge in [-0.3, -0.25) is 0 Å². The lowest BCUT2D eigenvalue weighted by atomic mass is 9.98. The van der Waals surface area contributed by atoms with Crippen molar-refractivity contribution < 1.29 is 4.39 Å². The topological polar surface area (TPSA) is 61.6 Å².